The summed E-state index contributed by atoms with van der Waals surface area (Å²) in [7, 11) is 0. The van der Waals surface area contributed by atoms with E-state index < -0.39 is 0 Å². The van der Waals surface area contributed by atoms with Gasteiger partial charge in [-0.05, 0) is 62.2 Å². The number of benzene rings is 1. The Kier molecular flexibility index (Phi) is 5.84. The van der Waals surface area contributed by atoms with Crippen LogP contribution in [0.25, 0.3) is 0 Å². The van der Waals surface area contributed by atoms with E-state index in [1.165, 1.54) is 20.9 Å². The van der Waals surface area contributed by atoms with Crippen LogP contribution < -0.4 is 5.32 Å². The summed E-state index contributed by atoms with van der Waals surface area (Å²) in [6.07, 6.45) is 1.13. The summed E-state index contributed by atoms with van der Waals surface area (Å²) in [4.78, 5) is 2.78. The Balaban J connectivity index is 2.43. The van der Waals surface area contributed by atoms with Gasteiger partial charge in [0.2, 0.25) is 0 Å². The highest BCUT2D eigenvalue weighted by Crippen LogP contribution is 2.35. The van der Waals surface area contributed by atoms with Crippen LogP contribution in [0.1, 0.15) is 40.3 Å². The Morgan fingerprint density at radius 1 is 1.20 bits per heavy atom. The van der Waals surface area contributed by atoms with Crippen molar-refractivity contribution in [1.29, 1.82) is 0 Å². The molecule has 0 aliphatic carbocycles. The van der Waals surface area contributed by atoms with Crippen LogP contribution >= 0.6 is 43.2 Å². The molecule has 0 saturated carbocycles. The summed E-state index contributed by atoms with van der Waals surface area (Å²) in [5.41, 5.74) is 2.66. The number of rotatable bonds is 5. The van der Waals surface area contributed by atoms with Crippen LogP contribution in [0.15, 0.2) is 33.2 Å². The van der Waals surface area contributed by atoms with Gasteiger partial charge in [-0.1, -0.05) is 38.8 Å². The van der Waals surface area contributed by atoms with Crippen LogP contribution in [-0.2, 0) is 0 Å². The molecule has 1 heterocycles. The zero-order chi connectivity index (χ0) is 14.7. The summed E-state index contributed by atoms with van der Waals surface area (Å²) in [6.45, 7) is 7.59. The minimum absolute atomic E-state index is 0.249. The second-order valence-electron chi connectivity index (χ2n) is 4.94. The van der Waals surface area contributed by atoms with Crippen LogP contribution in [0.3, 0.4) is 0 Å². The van der Waals surface area contributed by atoms with Gasteiger partial charge in [-0.15, -0.1) is 11.3 Å². The molecule has 1 N–H and O–H groups in total. The lowest BCUT2D eigenvalue weighted by Gasteiger charge is -2.19. The summed E-state index contributed by atoms with van der Waals surface area (Å²) in [5, 5.41) is 3.67. The number of hydrogen-bond acceptors (Lipinski definition) is 2. The molecule has 0 spiro atoms. The average Bonchev–Trinajstić information content (AvgIpc) is 2.74. The first-order valence-corrected chi connectivity index (χ1v) is 9.18. The monoisotopic (exact) mass is 415 g/mol. The van der Waals surface area contributed by atoms with Crippen molar-refractivity contribution >= 4 is 43.2 Å². The maximum Gasteiger partial charge on any atom is 0.0682 e. The van der Waals surface area contributed by atoms with E-state index in [4.69, 9.17) is 0 Å². The molecule has 1 aromatic heterocycles. The second kappa shape index (κ2) is 7.21. The van der Waals surface area contributed by atoms with Gasteiger partial charge in [0, 0.05) is 18.7 Å². The molecule has 1 unspecified atom stereocenters. The second-order valence-corrected chi connectivity index (χ2v) is 8.00. The lowest BCUT2D eigenvalue weighted by atomic mass is 10.0. The third kappa shape index (κ3) is 3.73. The van der Waals surface area contributed by atoms with Gasteiger partial charge in [-0.3, -0.25) is 0 Å². The quantitative estimate of drug-likeness (QED) is 0.632. The van der Waals surface area contributed by atoms with E-state index in [-0.39, 0.29) is 6.04 Å². The van der Waals surface area contributed by atoms with Crippen LogP contribution in [0.5, 0.6) is 0 Å². The van der Waals surface area contributed by atoms with Crippen molar-refractivity contribution in [2.45, 2.75) is 33.2 Å². The Labute approximate surface area is 142 Å². The van der Waals surface area contributed by atoms with Crippen molar-refractivity contribution in [3.63, 3.8) is 0 Å². The van der Waals surface area contributed by atoms with E-state index >= 15 is 0 Å². The highest BCUT2D eigenvalue weighted by Gasteiger charge is 2.19. The van der Waals surface area contributed by atoms with Gasteiger partial charge in [0.15, 0.2) is 0 Å². The summed E-state index contributed by atoms with van der Waals surface area (Å²) in [5.74, 6) is 0. The molecule has 2 aromatic rings. The van der Waals surface area contributed by atoms with Crippen molar-refractivity contribution < 1.29 is 0 Å². The normalized spacial score (nSPS) is 12.7. The lowest BCUT2D eigenvalue weighted by molar-refractivity contribution is 0.604. The zero-order valence-electron chi connectivity index (χ0n) is 12.0. The third-order valence-electron chi connectivity index (χ3n) is 3.34. The first-order chi connectivity index (χ1) is 9.52. The van der Waals surface area contributed by atoms with Crippen molar-refractivity contribution in [2.75, 3.05) is 6.54 Å². The molecule has 0 bridgehead atoms. The Morgan fingerprint density at radius 2 is 1.95 bits per heavy atom. The lowest BCUT2D eigenvalue weighted by Crippen LogP contribution is -2.22. The molecule has 0 fully saturated rings. The molecule has 0 radical (unpaired) electrons. The Hall–Kier alpha value is -0.160. The van der Waals surface area contributed by atoms with E-state index in [2.05, 4.69) is 82.2 Å². The number of nitrogens with one attached hydrogen (secondary N) is 1. The molecule has 2 rings (SSSR count). The van der Waals surface area contributed by atoms with E-state index in [0.717, 1.165) is 21.9 Å². The van der Waals surface area contributed by atoms with Crippen molar-refractivity contribution in [2.24, 2.45) is 0 Å². The van der Waals surface area contributed by atoms with Crippen LogP contribution in [0, 0.1) is 13.8 Å². The molecule has 1 atom stereocenters. The highest BCUT2D eigenvalue weighted by molar-refractivity contribution is 9.11. The van der Waals surface area contributed by atoms with Crippen molar-refractivity contribution in [1.82, 2.24) is 5.32 Å². The van der Waals surface area contributed by atoms with Crippen LogP contribution in [0.2, 0.25) is 0 Å². The number of thiophene rings is 1. The number of aryl methyl sites for hydroxylation is 2. The first-order valence-electron chi connectivity index (χ1n) is 6.78. The molecule has 0 amide bonds. The molecule has 108 valence electrons. The summed E-state index contributed by atoms with van der Waals surface area (Å²) in [6, 6.07) is 8.92. The van der Waals surface area contributed by atoms with E-state index in [1.807, 2.05) is 11.3 Å². The van der Waals surface area contributed by atoms with E-state index in [9.17, 15) is 0 Å². The van der Waals surface area contributed by atoms with Gasteiger partial charge in [0.25, 0.3) is 0 Å². The molecule has 20 heavy (non-hydrogen) atoms. The van der Waals surface area contributed by atoms with Gasteiger partial charge in [0.1, 0.15) is 0 Å². The van der Waals surface area contributed by atoms with Gasteiger partial charge in [-0.2, -0.15) is 0 Å². The standard InChI is InChI=1S/C16H19Br2NS/c1-4-7-19-16(15-8-10(2)11(3)20-15)13-9-12(17)5-6-14(13)18/h5-6,8-9,16,19H,4,7H2,1-3H3. The first kappa shape index (κ1) is 16.2. The average molecular weight is 417 g/mol. The fourth-order valence-corrected chi connectivity index (χ4v) is 4.12. The molecular weight excluding hydrogens is 398 g/mol. The molecule has 1 aromatic carbocycles. The minimum Gasteiger partial charge on any atom is -0.306 e. The predicted octanol–water partition coefficient (Wildman–Crippen LogP) is 5.98. The fraction of sp³-hybridized carbons (Fsp3) is 0.375. The molecule has 0 aliphatic rings. The predicted molar refractivity (Wildman–Crippen MR) is 95.8 cm³/mol. The highest BCUT2D eigenvalue weighted by atomic mass is 79.9. The summed E-state index contributed by atoms with van der Waals surface area (Å²) >= 11 is 9.15. The van der Waals surface area contributed by atoms with Crippen molar-refractivity contribution in [3.05, 3.63) is 54.1 Å². The molecule has 1 nitrogen and oxygen atoms in total. The van der Waals surface area contributed by atoms with Gasteiger partial charge >= 0.3 is 0 Å². The van der Waals surface area contributed by atoms with E-state index in [0.29, 0.717) is 0 Å². The van der Waals surface area contributed by atoms with Crippen LogP contribution in [0.4, 0.5) is 0 Å². The maximum absolute atomic E-state index is 3.69. The molecule has 0 saturated heterocycles. The summed E-state index contributed by atoms with van der Waals surface area (Å²) < 4.78 is 2.27. The maximum atomic E-state index is 3.69. The topological polar surface area (TPSA) is 12.0 Å². The molecular formula is C16H19Br2NS. The van der Waals surface area contributed by atoms with Crippen molar-refractivity contribution in [3.8, 4) is 0 Å². The largest absolute Gasteiger partial charge is 0.306 e. The van der Waals surface area contributed by atoms with Gasteiger partial charge < -0.3 is 5.32 Å². The zero-order valence-corrected chi connectivity index (χ0v) is 16.0. The van der Waals surface area contributed by atoms with E-state index in [1.54, 1.807) is 0 Å². The Morgan fingerprint density at radius 3 is 2.55 bits per heavy atom. The smallest absolute Gasteiger partial charge is 0.0682 e. The Bertz CT molecular complexity index is 573. The molecule has 0 aliphatic heterocycles. The minimum atomic E-state index is 0.249. The van der Waals surface area contributed by atoms with Crippen LogP contribution in [-0.4, -0.2) is 6.54 Å². The fourth-order valence-electron chi connectivity index (χ4n) is 2.13. The SMILES string of the molecule is CCCNC(c1cc(C)c(C)s1)c1cc(Br)ccc1Br. The van der Waals surface area contributed by atoms with Gasteiger partial charge in [-0.25, -0.2) is 0 Å². The van der Waals surface area contributed by atoms with Gasteiger partial charge in [0.05, 0.1) is 6.04 Å². The third-order valence-corrected chi connectivity index (χ3v) is 5.77. The number of hydrogen-bond donors (Lipinski definition) is 1. The number of halogens is 2. The molecule has 4 heteroatoms.